The topological polar surface area (TPSA) is 117 Å². The molecule has 108 valence electrons. The molecule has 2 aromatic rings. The summed E-state index contributed by atoms with van der Waals surface area (Å²) < 4.78 is 1.84. The quantitative estimate of drug-likeness (QED) is 0.636. The van der Waals surface area contributed by atoms with Crippen LogP contribution in [0.5, 0.6) is 23.5 Å². The molecule has 2 rings (SSSR count). The van der Waals surface area contributed by atoms with Crippen LogP contribution in [0.1, 0.15) is 12.8 Å². The van der Waals surface area contributed by atoms with E-state index >= 15 is 0 Å². The zero-order valence-corrected chi connectivity index (χ0v) is 10.4. The predicted octanol–water partition coefficient (Wildman–Crippen LogP) is 0.548. The Hall–Kier alpha value is -2.77. The number of aromatic nitrogens is 2. The van der Waals surface area contributed by atoms with Gasteiger partial charge in [0.05, 0.1) is 0 Å². The van der Waals surface area contributed by atoms with E-state index in [0.29, 0.717) is 11.2 Å². The molecule has 0 aromatic carbocycles. The van der Waals surface area contributed by atoms with Gasteiger partial charge >= 0.3 is 5.97 Å². The lowest BCUT2D eigenvalue weighted by Gasteiger charge is -2.08. The van der Waals surface area contributed by atoms with E-state index in [1.54, 1.807) is 0 Å². The Morgan fingerprint density at radius 2 is 1.45 bits per heavy atom. The Morgan fingerprint density at radius 3 is 2.00 bits per heavy atom. The second-order valence-electron chi connectivity index (χ2n) is 4.11. The van der Waals surface area contributed by atoms with Gasteiger partial charge in [-0.15, -0.1) is 4.73 Å². The fourth-order valence-corrected chi connectivity index (χ4v) is 1.70. The molecule has 0 amide bonds. The summed E-state index contributed by atoms with van der Waals surface area (Å²) in [5, 5.41) is 37.4. The average Bonchev–Trinajstić information content (AvgIpc) is 2.88. The molecule has 0 saturated heterocycles. The largest absolute Gasteiger partial charge is 0.494 e. The molecule has 20 heavy (non-hydrogen) atoms. The van der Waals surface area contributed by atoms with Crippen molar-refractivity contribution < 1.29 is 30.1 Å². The normalized spacial score (nSPS) is 10.6. The molecule has 0 atom stereocenters. The van der Waals surface area contributed by atoms with Crippen LogP contribution in [-0.4, -0.2) is 35.7 Å². The molecule has 8 nitrogen and oxygen atoms in total. The maximum Gasteiger partial charge on any atom is 0.333 e. The molecular formula is C12H14N2O6. The molecule has 0 aliphatic heterocycles. The van der Waals surface area contributed by atoms with Gasteiger partial charge in [-0.2, -0.15) is 0 Å². The van der Waals surface area contributed by atoms with E-state index in [1.165, 1.54) is 28.8 Å². The first-order chi connectivity index (χ1) is 9.49. The van der Waals surface area contributed by atoms with Crippen molar-refractivity contribution in [3.05, 3.63) is 24.3 Å². The number of nitrogens with zero attached hydrogens (tertiary/aromatic N) is 2. The van der Waals surface area contributed by atoms with Crippen LogP contribution in [0, 0.1) is 0 Å². The van der Waals surface area contributed by atoms with Crippen LogP contribution in [0.25, 0.3) is 0 Å². The van der Waals surface area contributed by atoms with Gasteiger partial charge in [0.25, 0.3) is 0 Å². The highest BCUT2D eigenvalue weighted by Crippen LogP contribution is 2.22. The lowest BCUT2D eigenvalue weighted by atomic mass is 10.3. The van der Waals surface area contributed by atoms with Crippen molar-refractivity contribution in [3.8, 4) is 23.5 Å². The number of hydrogen-bond acceptors (Lipinski definition) is 6. The van der Waals surface area contributed by atoms with Gasteiger partial charge in [-0.25, -0.2) is 4.79 Å². The Balaban J connectivity index is 1.84. The molecule has 4 N–H and O–H groups in total. The van der Waals surface area contributed by atoms with E-state index in [4.69, 9.17) is 4.84 Å². The molecule has 0 saturated carbocycles. The molecule has 8 heteroatoms. The van der Waals surface area contributed by atoms with Crippen molar-refractivity contribution in [2.75, 3.05) is 0 Å². The highest BCUT2D eigenvalue weighted by Gasteiger charge is 2.12. The third-order valence-electron chi connectivity index (χ3n) is 2.69. The molecule has 2 heterocycles. The lowest BCUT2D eigenvalue weighted by molar-refractivity contribution is -0.145. The molecular weight excluding hydrogens is 268 g/mol. The van der Waals surface area contributed by atoms with E-state index < -0.39 is 17.7 Å². The van der Waals surface area contributed by atoms with Crippen molar-refractivity contribution in [2.45, 2.75) is 19.4 Å². The second-order valence-corrected chi connectivity index (χ2v) is 4.11. The number of carbonyl (C=O) groups is 1. The minimum absolute atomic E-state index is 0.0197. The minimum atomic E-state index is -0.669. The van der Waals surface area contributed by atoms with E-state index in [0.717, 1.165) is 0 Å². The molecule has 0 aliphatic carbocycles. The maximum absolute atomic E-state index is 11.5. The second kappa shape index (κ2) is 5.47. The standard InChI is InChI=1S/C12H14N2O6/c15-8-3-4-9(16)13(8)7-1-2-12(19)20-14-10(17)5-6-11(14)18/h3-6,15-18H,1-2,7H2. The average molecular weight is 282 g/mol. The Bertz CT molecular complexity index is 576. The molecule has 0 bridgehead atoms. The van der Waals surface area contributed by atoms with Crippen LogP contribution in [0.3, 0.4) is 0 Å². The van der Waals surface area contributed by atoms with Gasteiger partial charge in [0.1, 0.15) is 0 Å². The molecule has 2 aromatic heterocycles. The van der Waals surface area contributed by atoms with Crippen molar-refractivity contribution >= 4 is 5.97 Å². The predicted molar refractivity (Wildman–Crippen MR) is 66.3 cm³/mol. The van der Waals surface area contributed by atoms with Gasteiger partial charge in [0, 0.05) is 37.2 Å². The minimum Gasteiger partial charge on any atom is -0.494 e. The third-order valence-corrected chi connectivity index (χ3v) is 2.69. The van der Waals surface area contributed by atoms with E-state index in [2.05, 4.69) is 0 Å². The van der Waals surface area contributed by atoms with Gasteiger partial charge in [-0.3, -0.25) is 4.57 Å². The van der Waals surface area contributed by atoms with E-state index in [-0.39, 0.29) is 24.7 Å². The zero-order valence-electron chi connectivity index (χ0n) is 10.4. The number of aromatic hydroxyl groups is 4. The molecule has 0 radical (unpaired) electrons. The Labute approximate surface area is 113 Å². The van der Waals surface area contributed by atoms with Crippen molar-refractivity contribution in [3.63, 3.8) is 0 Å². The lowest BCUT2D eigenvalue weighted by Crippen LogP contribution is -2.19. The number of rotatable bonds is 5. The SMILES string of the molecule is O=C(CCCn1c(O)ccc1O)On1c(O)ccc1O. The van der Waals surface area contributed by atoms with E-state index in [1.807, 2.05) is 0 Å². The summed E-state index contributed by atoms with van der Waals surface area (Å²) >= 11 is 0. The monoisotopic (exact) mass is 282 g/mol. The zero-order chi connectivity index (χ0) is 14.7. The first-order valence-corrected chi connectivity index (χ1v) is 5.87. The number of carbonyl (C=O) groups excluding carboxylic acids is 1. The smallest absolute Gasteiger partial charge is 0.333 e. The number of hydrogen-bond donors (Lipinski definition) is 4. The first-order valence-electron chi connectivity index (χ1n) is 5.87. The molecule has 0 spiro atoms. The van der Waals surface area contributed by atoms with Crippen LogP contribution in [-0.2, 0) is 11.3 Å². The third kappa shape index (κ3) is 2.79. The Morgan fingerprint density at radius 1 is 0.950 bits per heavy atom. The van der Waals surface area contributed by atoms with Crippen molar-refractivity contribution in [1.29, 1.82) is 0 Å². The first kappa shape index (κ1) is 13.7. The van der Waals surface area contributed by atoms with Crippen LogP contribution >= 0.6 is 0 Å². The van der Waals surface area contributed by atoms with Gasteiger partial charge < -0.3 is 25.3 Å². The van der Waals surface area contributed by atoms with Gasteiger partial charge in [0.15, 0.2) is 11.8 Å². The summed E-state index contributed by atoms with van der Waals surface area (Å²) in [5.74, 6) is -1.65. The van der Waals surface area contributed by atoms with Gasteiger partial charge in [-0.1, -0.05) is 0 Å². The molecule has 0 fully saturated rings. The van der Waals surface area contributed by atoms with Gasteiger partial charge in [0.2, 0.25) is 11.8 Å². The summed E-state index contributed by atoms with van der Waals surface area (Å²) in [5.41, 5.74) is 0. The highest BCUT2D eigenvalue weighted by molar-refractivity contribution is 5.69. The molecule has 0 aliphatic rings. The summed E-state index contributed by atoms with van der Waals surface area (Å²) in [7, 11) is 0. The van der Waals surface area contributed by atoms with E-state index in [9.17, 15) is 25.2 Å². The van der Waals surface area contributed by atoms with Crippen LogP contribution < -0.4 is 4.84 Å². The summed E-state index contributed by atoms with van der Waals surface area (Å²) in [4.78, 5) is 16.3. The Kier molecular flexibility index (Phi) is 3.74. The summed E-state index contributed by atoms with van der Waals surface area (Å²) in [6.45, 7) is 0.226. The van der Waals surface area contributed by atoms with Crippen molar-refractivity contribution in [2.24, 2.45) is 0 Å². The fraction of sp³-hybridized carbons (Fsp3) is 0.250. The summed E-state index contributed by atoms with van der Waals surface area (Å²) in [6.07, 6.45) is 0.283. The van der Waals surface area contributed by atoms with Crippen LogP contribution in [0.2, 0.25) is 0 Å². The highest BCUT2D eigenvalue weighted by atomic mass is 16.7. The van der Waals surface area contributed by atoms with Crippen LogP contribution in [0.15, 0.2) is 24.3 Å². The fourth-order valence-electron chi connectivity index (χ4n) is 1.70. The van der Waals surface area contributed by atoms with Crippen molar-refractivity contribution in [1.82, 2.24) is 9.30 Å². The molecule has 0 unspecified atom stereocenters. The maximum atomic E-state index is 11.5. The summed E-state index contributed by atoms with van der Waals surface area (Å²) in [6, 6.07) is 5.03. The van der Waals surface area contributed by atoms with Crippen LogP contribution in [0.4, 0.5) is 0 Å². The van der Waals surface area contributed by atoms with Gasteiger partial charge in [-0.05, 0) is 6.42 Å².